The second kappa shape index (κ2) is 7.07. The number of nitriles is 1. The van der Waals surface area contributed by atoms with Gasteiger partial charge in [0, 0.05) is 10.6 Å². The highest BCUT2D eigenvalue weighted by atomic mass is 32.2. The molecule has 5 nitrogen and oxygen atoms in total. The molecule has 0 unspecified atom stereocenters. The van der Waals surface area contributed by atoms with E-state index in [2.05, 4.69) is 5.32 Å². The molecule has 23 heavy (non-hydrogen) atoms. The second-order valence-corrected chi connectivity index (χ2v) is 5.88. The topological polar surface area (TPSA) is 71.4 Å². The summed E-state index contributed by atoms with van der Waals surface area (Å²) in [6.45, 7) is 1.10. The fourth-order valence-electron chi connectivity index (χ4n) is 2.13. The number of nitrogens with one attached hydrogen (secondary N) is 1. The van der Waals surface area contributed by atoms with Gasteiger partial charge in [-0.1, -0.05) is 6.07 Å². The normalized spacial score (nSPS) is 12.3. The summed E-state index contributed by atoms with van der Waals surface area (Å²) >= 11 is 1.42. The molecule has 0 fully saturated rings. The Morgan fingerprint density at radius 1 is 1.17 bits per heavy atom. The Labute approximate surface area is 138 Å². The van der Waals surface area contributed by atoms with Crippen LogP contribution in [0.5, 0.6) is 11.5 Å². The van der Waals surface area contributed by atoms with Gasteiger partial charge in [0.2, 0.25) is 5.91 Å². The molecule has 3 rings (SSSR count). The number of nitrogens with zero attached hydrogens (tertiary/aromatic N) is 1. The molecular formula is C17H14N2O3S. The third-order valence-corrected chi connectivity index (χ3v) is 4.15. The van der Waals surface area contributed by atoms with Gasteiger partial charge in [-0.15, -0.1) is 11.8 Å². The molecule has 0 aliphatic carbocycles. The quantitative estimate of drug-likeness (QED) is 0.874. The number of rotatable bonds is 4. The van der Waals surface area contributed by atoms with Crippen LogP contribution in [0.25, 0.3) is 0 Å². The number of carbonyl (C=O) groups excluding carboxylic acids is 1. The van der Waals surface area contributed by atoms with E-state index in [4.69, 9.17) is 14.7 Å². The number of anilines is 1. The average Bonchev–Trinajstić information content (AvgIpc) is 2.60. The van der Waals surface area contributed by atoms with Crippen molar-refractivity contribution in [3.05, 3.63) is 48.0 Å². The molecule has 0 spiro atoms. The molecule has 6 heteroatoms. The number of hydrogen-bond donors (Lipinski definition) is 1. The Morgan fingerprint density at radius 2 is 2.00 bits per heavy atom. The van der Waals surface area contributed by atoms with Crippen molar-refractivity contribution in [2.45, 2.75) is 4.90 Å². The number of carbonyl (C=O) groups is 1. The van der Waals surface area contributed by atoms with Gasteiger partial charge in [-0.2, -0.15) is 5.26 Å². The van der Waals surface area contributed by atoms with Gasteiger partial charge in [0.05, 0.1) is 17.4 Å². The number of hydrogen-bond acceptors (Lipinski definition) is 5. The van der Waals surface area contributed by atoms with Gasteiger partial charge in [0.25, 0.3) is 0 Å². The van der Waals surface area contributed by atoms with E-state index >= 15 is 0 Å². The van der Waals surface area contributed by atoms with Crippen molar-refractivity contribution in [3.63, 3.8) is 0 Å². The predicted molar refractivity (Wildman–Crippen MR) is 87.9 cm³/mol. The molecule has 0 atom stereocenters. The SMILES string of the molecule is N#Cc1cccc(NC(=O)CSc2ccc3c(c2)OCCO3)c1. The lowest BCUT2D eigenvalue weighted by Gasteiger charge is -2.18. The first-order chi connectivity index (χ1) is 11.2. The van der Waals surface area contributed by atoms with Gasteiger partial charge in [0.15, 0.2) is 11.5 Å². The molecule has 1 heterocycles. The Hall–Kier alpha value is -2.65. The van der Waals surface area contributed by atoms with Crippen molar-refractivity contribution in [1.82, 2.24) is 0 Å². The molecule has 116 valence electrons. The zero-order valence-electron chi connectivity index (χ0n) is 12.2. The van der Waals surface area contributed by atoms with Crippen molar-refractivity contribution in [2.75, 3.05) is 24.3 Å². The zero-order chi connectivity index (χ0) is 16.1. The lowest BCUT2D eigenvalue weighted by atomic mass is 10.2. The largest absolute Gasteiger partial charge is 0.486 e. The Kier molecular flexibility index (Phi) is 4.69. The van der Waals surface area contributed by atoms with Gasteiger partial charge < -0.3 is 14.8 Å². The summed E-state index contributed by atoms with van der Waals surface area (Å²) < 4.78 is 11.0. The summed E-state index contributed by atoms with van der Waals surface area (Å²) in [7, 11) is 0. The molecular weight excluding hydrogens is 312 g/mol. The highest BCUT2D eigenvalue weighted by Gasteiger charge is 2.12. The van der Waals surface area contributed by atoms with Crippen LogP contribution in [-0.4, -0.2) is 24.9 Å². The summed E-state index contributed by atoms with van der Waals surface area (Å²) in [4.78, 5) is 12.9. The monoisotopic (exact) mass is 326 g/mol. The van der Waals surface area contributed by atoms with E-state index in [0.29, 0.717) is 30.2 Å². The van der Waals surface area contributed by atoms with Crippen molar-refractivity contribution >= 4 is 23.4 Å². The lowest BCUT2D eigenvalue weighted by Crippen LogP contribution is -2.15. The highest BCUT2D eigenvalue weighted by Crippen LogP contribution is 2.34. The minimum Gasteiger partial charge on any atom is -0.486 e. The van der Waals surface area contributed by atoms with E-state index in [0.717, 1.165) is 10.6 Å². The smallest absolute Gasteiger partial charge is 0.234 e. The van der Waals surface area contributed by atoms with Crippen LogP contribution in [0.4, 0.5) is 5.69 Å². The molecule has 1 N–H and O–H groups in total. The van der Waals surface area contributed by atoms with Gasteiger partial charge in [0.1, 0.15) is 13.2 Å². The highest BCUT2D eigenvalue weighted by molar-refractivity contribution is 8.00. The van der Waals surface area contributed by atoms with Crippen molar-refractivity contribution in [2.24, 2.45) is 0 Å². The molecule has 2 aromatic carbocycles. The third kappa shape index (κ3) is 3.96. The predicted octanol–water partition coefficient (Wildman–Crippen LogP) is 3.06. The summed E-state index contributed by atoms with van der Waals surface area (Å²) in [6, 6.07) is 14.5. The molecule has 0 radical (unpaired) electrons. The van der Waals surface area contributed by atoms with Crippen LogP contribution < -0.4 is 14.8 Å². The molecule has 2 aromatic rings. The second-order valence-electron chi connectivity index (χ2n) is 4.83. The minimum atomic E-state index is -0.125. The Balaban J connectivity index is 1.57. The van der Waals surface area contributed by atoms with Crippen molar-refractivity contribution in [1.29, 1.82) is 5.26 Å². The van der Waals surface area contributed by atoms with Gasteiger partial charge in [-0.05, 0) is 36.4 Å². The van der Waals surface area contributed by atoms with E-state index < -0.39 is 0 Å². The molecule has 0 aromatic heterocycles. The van der Waals surface area contributed by atoms with Crippen LogP contribution >= 0.6 is 11.8 Å². The zero-order valence-corrected chi connectivity index (χ0v) is 13.1. The van der Waals surface area contributed by atoms with Crippen LogP contribution in [0.1, 0.15) is 5.56 Å². The first kappa shape index (κ1) is 15.3. The number of thioether (sulfide) groups is 1. The number of benzene rings is 2. The summed E-state index contributed by atoms with van der Waals surface area (Å²) in [5.74, 6) is 1.60. The first-order valence-corrected chi connectivity index (χ1v) is 8.05. The summed E-state index contributed by atoms with van der Waals surface area (Å²) in [5, 5.41) is 11.6. The van der Waals surface area contributed by atoms with Crippen LogP contribution in [0.3, 0.4) is 0 Å². The van der Waals surface area contributed by atoms with Gasteiger partial charge in [-0.3, -0.25) is 4.79 Å². The maximum Gasteiger partial charge on any atom is 0.234 e. The van der Waals surface area contributed by atoms with E-state index in [9.17, 15) is 4.79 Å². The van der Waals surface area contributed by atoms with Crippen molar-refractivity contribution in [3.8, 4) is 17.6 Å². The van der Waals surface area contributed by atoms with E-state index in [1.165, 1.54) is 11.8 Å². The lowest BCUT2D eigenvalue weighted by molar-refractivity contribution is -0.113. The average molecular weight is 326 g/mol. The third-order valence-electron chi connectivity index (χ3n) is 3.16. The first-order valence-electron chi connectivity index (χ1n) is 7.07. The number of fused-ring (bicyclic) bond motifs is 1. The molecule has 1 amide bonds. The Morgan fingerprint density at radius 3 is 2.83 bits per heavy atom. The fraction of sp³-hybridized carbons (Fsp3) is 0.176. The molecule has 0 saturated carbocycles. The molecule has 0 saturated heterocycles. The fourth-order valence-corrected chi connectivity index (χ4v) is 2.85. The van der Waals surface area contributed by atoms with Crippen molar-refractivity contribution < 1.29 is 14.3 Å². The van der Waals surface area contributed by atoms with E-state index in [1.807, 2.05) is 24.3 Å². The molecule has 0 bridgehead atoms. The van der Waals surface area contributed by atoms with Crippen LogP contribution in [0.2, 0.25) is 0 Å². The summed E-state index contributed by atoms with van der Waals surface area (Å²) in [5.41, 5.74) is 1.14. The van der Waals surface area contributed by atoms with E-state index in [1.54, 1.807) is 24.3 Å². The van der Waals surface area contributed by atoms with E-state index in [-0.39, 0.29) is 11.7 Å². The number of ether oxygens (including phenoxy) is 2. The number of amides is 1. The van der Waals surface area contributed by atoms with Crippen LogP contribution in [-0.2, 0) is 4.79 Å². The standard InChI is InChI=1S/C17H14N2O3S/c18-10-12-2-1-3-13(8-12)19-17(20)11-23-14-4-5-15-16(9-14)22-7-6-21-15/h1-5,8-9H,6-7,11H2,(H,19,20). The summed E-state index contributed by atoms with van der Waals surface area (Å²) in [6.07, 6.45) is 0. The van der Waals surface area contributed by atoms with Gasteiger partial charge >= 0.3 is 0 Å². The van der Waals surface area contributed by atoms with Crippen LogP contribution in [0, 0.1) is 11.3 Å². The minimum absolute atomic E-state index is 0.125. The molecule has 1 aliphatic heterocycles. The maximum atomic E-state index is 12.0. The van der Waals surface area contributed by atoms with Crippen LogP contribution in [0.15, 0.2) is 47.4 Å². The Bertz CT molecular complexity index is 771. The maximum absolute atomic E-state index is 12.0. The van der Waals surface area contributed by atoms with Gasteiger partial charge in [-0.25, -0.2) is 0 Å². The molecule has 1 aliphatic rings.